The van der Waals surface area contributed by atoms with Crippen LogP contribution in [-0.2, 0) is 14.8 Å². The molecule has 1 atom stereocenters. The first-order chi connectivity index (χ1) is 11.8. The van der Waals surface area contributed by atoms with Crippen molar-refractivity contribution in [1.82, 2.24) is 4.72 Å². The van der Waals surface area contributed by atoms with Crippen LogP contribution in [0.5, 0.6) is 5.75 Å². The van der Waals surface area contributed by atoms with E-state index in [4.69, 9.17) is 4.74 Å². The van der Waals surface area contributed by atoms with Crippen LogP contribution in [0.1, 0.15) is 19.4 Å². The molecule has 0 saturated heterocycles. The van der Waals surface area contributed by atoms with Gasteiger partial charge in [-0.3, -0.25) is 4.79 Å². The number of hydrogen-bond donors (Lipinski definition) is 2. The molecule has 0 aliphatic carbocycles. The molecule has 0 fully saturated rings. The summed E-state index contributed by atoms with van der Waals surface area (Å²) in [6, 6.07) is 12.5. The van der Waals surface area contributed by atoms with Crippen LogP contribution in [0.3, 0.4) is 0 Å². The Labute approximate surface area is 148 Å². The number of anilines is 1. The van der Waals surface area contributed by atoms with Gasteiger partial charge in [0.25, 0.3) is 0 Å². The average Bonchev–Trinajstić information content (AvgIpc) is 2.57. The molecule has 134 valence electrons. The molecule has 0 aliphatic heterocycles. The topological polar surface area (TPSA) is 84.5 Å². The van der Waals surface area contributed by atoms with Crippen molar-refractivity contribution < 1.29 is 17.9 Å². The molecule has 7 heteroatoms. The summed E-state index contributed by atoms with van der Waals surface area (Å²) in [5.41, 5.74) is 1.45. The predicted molar refractivity (Wildman–Crippen MR) is 97.2 cm³/mol. The lowest BCUT2D eigenvalue weighted by Gasteiger charge is -2.16. The maximum atomic E-state index is 12.4. The molecular formula is C18H22N2O4S. The third-order valence-corrected chi connectivity index (χ3v) is 5.06. The minimum atomic E-state index is -3.78. The van der Waals surface area contributed by atoms with Gasteiger partial charge in [0.05, 0.1) is 23.2 Å². The Hall–Kier alpha value is -2.38. The number of nitrogens with one attached hydrogen (secondary N) is 2. The summed E-state index contributed by atoms with van der Waals surface area (Å²) < 4.78 is 32.6. The van der Waals surface area contributed by atoms with E-state index >= 15 is 0 Å². The maximum Gasteiger partial charge on any atom is 0.242 e. The second kappa shape index (κ2) is 8.13. The monoisotopic (exact) mass is 362 g/mol. The number of benzene rings is 2. The van der Waals surface area contributed by atoms with E-state index in [-0.39, 0.29) is 4.90 Å². The lowest BCUT2D eigenvalue weighted by molar-refractivity contribution is -0.117. The zero-order valence-electron chi connectivity index (χ0n) is 14.4. The van der Waals surface area contributed by atoms with Crippen molar-refractivity contribution in [3.63, 3.8) is 0 Å². The van der Waals surface area contributed by atoms with Crippen molar-refractivity contribution in [2.45, 2.75) is 31.7 Å². The van der Waals surface area contributed by atoms with Gasteiger partial charge in [0.1, 0.15) is 5.75 Å². The van der Waals surface area contributed by atoms with E-state index < -0.39 is 22.0 Å². The molecule has 25 heavy (non-hydrogen) atoms. The Bertz CT molecular complexity index is 832. The molecule has 6 nitrogen and oxygen atoms in total. The number of rotatable bonds is 7. The number of sulfonamides is 1. The van der Waals surface area contributed by atoms with Crippen LogP contribution in [0.25, 0.3) is 0 Å². The SMILES string of the molecule is CCOc1ccccc1NC(=O)C(C)NS(=O)(=O)c1ccc(C)cc1. The van der Waals surface area contributed by atoms with Crippen LogP contribution >= 0.6 is 0 Å². The second-order valence-electron chi connectivity index (χ2n) is 5.57. The Kier molecular flexibility index (Phi) is 6.17. The number of carbonyl (C=O) groups is 1. The van der Waals surface area contributed by atoms with Gasteiger partial charge in [0.15, 0.2) is 0 Å². The molecule has 2 N–H and O–H groups in total. The standard InChI is InChI=1S/C18H22N2O4S/c1-4-24-17-8-6-5-7-16(17)19-18(21)14(3)20-25(22,23)15-11-9-13(2)10-12-15/h5-12,14,20H,4H2,1-3H3,(H,19,21). The molecule has 0 spiro atoms. The van der Waals surface area contributed by atoms with Crippen molar-refractivity contribution in [1.29, 1.82) is 0 Å². The normalized spacial score (nSPS) is 12.4. The minimum absolute atomic E-state index is 0.118. The van der Waals surface area contributed by atoms with Gasteiger partial charge >= 0.3 is 0 Å². The van der Waals surface area contributed by atoms with E-state index in [1.165, 1.54) is 19.1 Å². The molecule has 0 aromatic heterocycles. The summed E-state index contributed by atoms with van der Waals surface area (Å²) >= 11 is 0. The van der Waals surface area contributed by atoms with E-state index in [2.05, 4.69) is 10.0 Å². The fraction of sp³-hybridized carbons (Fsp3) is 0.278. The van der Waals surface area contributed by atoms with Gasteiger partial charge in [0.2, 0.25) is 15.9 Å². The molecule has 0 bridgehead atoms. The molecule has 2 rings (SSSR count). The molecule has 0 saturated carbocycles. The highest BCUT2D eigenvalue weighted by molar-refractivity contribution is 7.89. The van der Waals surface area contributed by atoms with Gasteiger partial charge in [-0.15, -0.1) is 0 Å². The Balaban J connectivity index is 2.09. The molecule has 0 radical (unpaired) electrons. The van der Waals surface area contributed by atoms with Gasteiger partial charge in [-0.2, -0.15) is 4.72 Å². The van der Waals surface area contributed by atoms with E-state index in [9.17, 15) is 13.2 Å². The average molecular weight is 362 g/mol. The maximum absolute atomic E-state index is 12.4. The Morgan fingerprint density at radius 1 is 1.12 bits per heavy atom. The lowest BCUT2D eigenvalue weighted by atomic mass is 10.2. The van der Waals surface area contributed by atoms with Crippen LogP contribution in [0.15, 0.2) is 53.4 Å². The summed E-state index contributed by atoms with van der Waals surface area (Å²) in [5.74, 6) is 0.0646. The molecule has 1 unspecified atom stereocenters. The van der Waals surface area contributed by atoms with Crippen molar-refractivity contribution in [3.8, 4) is 5.75 Å². The largest absolute Gasteiger partial charge is 0.492 e. The minimum Gasteiger partial charge on any atom is -0.492 e. The number of hydrogen-bond acceptors (Lipinski definition) is 4. The van der Waals surface area contributed by atoms with Gasteiger partial charge in [-0.05, 0) is 45.0 Å². The fourth-order valence-electron chi connectivity index (χ4n) is 2.16. The highest BCUT2D eigenvalue weighted by Crippen LogP contribution is 2.23. The zero-order valence-corrected chi connectivity index (χ0v) is 15.3. The molecule has 2 aromatic carbocycles. The fourth-order valence-corrected chi connectivity index (χ4v) is 3.37. The van der Waals surface area contributed by atoms with E-state index in [0.717, 1.165) is 5.56 Å². The van der Waals surface area contributed by atoms with E-state index in [1.807, 2.05) is 13.8 Å². The first kappa shape index (κ1) is 19.0. The summed E-state index contributed by atoms with van der Waals surface area (Å²) in [6.45, 7) is 5.67. The smallest absolute Gasteiger partial charge is 0.242 e. The van der Waals surface area contributed by atoms with E-state index in [1.54, 1.807) is 36.4 Å². The van der Waals surface area contributed by atoms with Crippen molar-refractivity contribution in [2.75, 3.05) is 11.9 Å². The predicted octanol–water partition coefficient (Wildman–Crippen LogP) is 2.70. The molecule has 1 amide bonds. The Morgan fingerprint density at radius 3 is 2.40 bits per heavy atom. The van der Waals surface area contributed by atoms with Gasteiger partial charge < -0.3 is 10.1 Å². The third-order valence-electron chi connectivity index (χ3n) is 3.50. The highest BCUT2D eigenvalue weighted by Gasteiger charge is 2.22. The molecule has 0 aliphatic rings. The lowest BCUT2D eigenvalue weighted by Crippen LogP contribution is -2.41. The number of amides is 1. The van der Waals surface area contributed by atoms with Crippen molar-refractivity contribution in [2.24, 2.45) is 0 Å². The number of ether oxygens (including phenoxy) is 1. The van der Waals surface area contributed by atoms with Gasteiger partial charge in [-0.25, -0.2) is 8.42 Å². The highest BCUT2D eigenvalue weighted by atomic mass is 32.2. The summed E-state index contributed by atoms with van der Waals surface area (Å²) in [7, 11) is -3.78. The zero-order chi connectivity index (χ0) is 18.4. The Morgan fingerprint density at radius 2 is 1.76 bits per heavy atom. The second-order valence-corrected chi connectivity index (χ2v) is 7.29. The summed E-state index contributed by atoms with van der Waals surface area (Å²) in [6.07, 6.45) is 0. The number of aryl methyl sites for hydroxylation is 1. The van der Waals surface area contributed by atoms with Crippen LogP contribution in [0.4, 0.5) is 5.69 Å². The van der Waals surface area contributed by atoms with Crippen LogP contribution in [0.2, 0.25) is 0 Å². The molecule has 2 aromatic rings. The quantitative estimate of drug-likeness (QED) is 0.793. The third kappa shape index (κ3) is 5.04. The molecular weight excluding hydrogens is 340 g/mol. The number of carbonyl (C=O) groups excluding carboxylic acids is 1. The van der Waals surface area contributed by atoms with Crippen LogP contribution in [-0.4, -0.2) is 27.0 Å². The molecule has 0 heterocycles. The van der Waals surface area contributed by atoms with Gasteiger partial charge in [-0.1, -0.05) is 29.8 Å². The number of para-hydroxylation sites is 2. The van der Waals surface area contributed by atoms with Crippen molar-refractivity contribution in [3.05, 3.63) is 54.1 Å². The first-order valence-corrected chi connectivity index (χ1v) is 9.43. The van der Waals surface area contributed by atoms with Crippen LogP contribution in [0, 0.1) is 6.92 Å². The summed E-state index contributed by atoms with van der Waals surface area (Å²) in [4.78, 5) is 12.5. The van der Waals surface area contributed by atoms with Crippen molar-refractivity contribution >= 4 is 21.6 Å². The first-order valence-electron chi connectivity index (χ1n) is 7.95. The summed E-state index contributed by atoms with van der Waals surface area (Å²) in [5, 5.41) is 2.69. The van der Waals surface area contributed by atoms with Gasteiger partial charge in [0, 0.05) is 0 Å². The van der Waals surface area contributed by atoms with E-state index in [0.29, 0.717) is 18.0 Å². The van der Waals surface area contributed by atoms with Crippen LogP contribution < -0.4 is 14.8 Å².